The Balaban J connectivity index is 1.50. The van der Waals surface area contributed by atoms with Gasteiger partial charge in [-0.3, -0.25) is 9.59 Å². The molecule has 0 radical (unpaired) electrons. The monoisotopic (exact) mass is 495 g/mol. The Morgan fingerprint density at radius 1 is 1.17 bits per heavy atom. The number of nitrogens with two attached hydrogens (primary N) is 1. The number of aromatic nitrogens is 3. The number of amides is 2. The van der Waals surface area contributed by atoms with Crippen LogP contribution >= 0.6 is 0 Å². The molecule has 0 spiro atoms. The van der Waals surface area contributed by atoms with Crippen LogP contribution in [0.2, 0.25) is 0 Å². The number of carbonyl (C=O) groups is 2. The molecule has 1 aromatic carbocycles. The molecular weight excluding hydrogens is 470 g/mol. The van der Waals surface area contributed by atoms with Gasteiger partial charge < -0.3 is 15.4 Å². The van der Waals surface area contributed by atoms with Crippen LogP contribution in [0.15, 0.2) is 30.3 Å². The van der Waals surface area contributed by atoms with E-state index in [0.717, 1.165) is 18.5 Å². The molecule has 10 nitrogen and oxygen atoms in total. The molecule has 182 valence electrons. The van der Waals surface area contributed by atoms with E-state index in [-0.39, 0.29) is 35.9 Å². The fourth-order valence-corrected chi connectivity index (χ4v) is 6.72. The largest absolute Gasteiger partial charge is 0.477 e. The van der Waals surface area contributed by atoms with Gasteiger partial charge in [-0.2, -0.15) is 5.10 Å². The third kappa shape index (κ3) is 3.74. The van der Waals surface area contributed by atoms with Gasteiger partial charge in [0.2, 0.25) is 0 Å². The average Bonchev–Trinajstić information content (AvgIpc) is 3.55. The van der Waals surface area contributed by atoms with Crippen molar-refractivity contribution in [3.05, 3.63) is 47.3 Å². The molecule has 3 aliphatic rings. The fourth-order valence-electron chi connectivity index (χ4n) is 5.03. The molecule has 35 heavy (non-hydrogen) atoms. The molecule has 11 heteroatoms. The van der Waals surface area contributed by atoms with Crippen LogP contribution in [0.5, 0.6) is 5.75 Å². The first-order valence-electron chi connectivity index (χ1n) is 11.7. The SMILES string of the molecule is Cc1nn([C@@H]2CCS(=O)(=O)C2)c2nc(C3CC3)cc(C(=O)N3C[C@H](C(N)=O)Oc4ccccc43)c12. The molecule has 2 aliphatic heterocycles. The second-order valence-electron chi connectivity index (χ2n) is 9.55. The molecule has 4 heterocycles. The number of aryl methyl sites for hydroxylation is 1. The minimum absolute atomic E-state index is 0.0121. The lowest BCUT2D eigenvalue weighted by atomic mass is 10.0. The van der Waals surface area contributed by atoms with Crippen LogP contribution in [0.1, 0.15) is 53.0 Å². The quantitative estimate of drug-likeness (QED) is 0.583. The number of primary amides is 1. The van der Waals surface area contributed by atoms with Crippen molar-refractivity contribution in [3.63, 3.8) is 0 Å². The van der Waals surface area contributed by atoms with Crippen molar-refractivity contribution in [3.8, 4) is 5.75 Å². The van der Waals surface area contributed by atoms with Gasteiger partial charge in [0.25, 0.3) is 11.8 Å². The van der Waals surface area contributed by atoms with Gasteiger partial charge in [0.1, 0.15) is 5.75 Å². The van der Waals surface area contributed by atoms with Crippen molar-refractivity contribution in [1.29, 1.82) is 0 Å². The first-order valence-corrected chi connectivity index (χ1v) is 13.5. The van der Waals surface area contributed by atoms with Crippen LogP contribution in [0, 0.1) is 6.92 Å². The molecule has 1 aliphatic carbocycles. The summed E-state index contributed by atoms with van der Waals surface area (Å²) >= 11 is 0. The minimum atomic E-state index is -3.13. The van der Waals surface area contributed by atoms with Crippen molar-refractivity contribution in [2.75, 3.05) is 23.0 Å². The molecule has 2 N–H and O–H groups in total. The molecule has 1 saturated heterocycles. The molecule has 1 saturated carbocycles. The summed E-state index contributed by atoms with van der Waals surface area (Å²) in [4.78, 5) is 32.4. The number of sulfone groups is 1. The van der Waals surface area contributed by atoms with Crippen molar-refractivity contribution >= 4 is 38.4 Å². The van der Waals surface area contributed by atoms with E-state index in [2.05, 4.69) is 5.10 Å². The second-order valence-corrected chi connectivity index (χ2v) is 11.8. The maximum atomic E-state index is 14.1. The van der Waals surface area contributed by atoms with E-state index < -0.39 is 21.8 Å². The molecule has 2 amide bonds. The molecule has 2 fully saturated rings. The van der Waals surface area contributed by atoms with Crippen LogP contribution in [-0.4, -0.2) is 59.2 Å². The average molecular weight is 496 g/mol. The predicted molar refractivity (Wildman–Crippen MR) is 128 cm³/mol. The third-order valence-electron chi connectivity index (χ3n) is 6.97. The van der Waals surface area contributed by atoms with Crippen molar-refractivity contribution < 1.29 is 22.7 Å². The van der Waals surface area contributed by atoms with Gasteiger partial charge in [-0.05, 0) is 44.4 Å². The Kier molecular flexibility index (Phi) is 4.89. The van der Waals surface area contributed by atoms with E-state index >= 15 is 0 Å². The van der Waals surface area contributed by atoms with Crippen LogP contribution in [0.25, 0.3) is 11.0 Å². The number of rotatable bonds is 4. The van der Waals surface area contributed by atoms with Crippen LogP contribution < -0.4 is 15.4 Å². The lowest BCUT2D eigenvalue weighted by Gasteiger charge is -2.33. The van der Waals surface area contributed by atoms with E-state index in [1.54, 1.807) is 35.9 Å². The van der Waals surface area contributed by atoms with Crippen LogP contribution in [0.3, 0.4) is 0 Å². The number of benzene rings is 1. The number of pyridine rings is 1. The summed E-state index contributed by atoms with van der Waals surface area (Å²) < 4.78 is 31.7. The van der Waals surface area contributed by atoms with E-state index in [0.29, 0.717) is 40.1 Å². The van der Waals surface area contributed by atoms with Crippen molar-refractivity contribution in [2.24, 2.45) is 5.73 Å². The molecule has 0 bridgehead atoms. The van der Waals surface area contributed by atoms with Gasteiger partial charge >= 0.3 is 0 Å². The normalized spacial score (nSPS) is 23.2. The Morgan fingerprint density at radius 2 is 1.94 bits per heavy atom. The highest BCUT2D eigenvalue weighted by atomic mass is 32.2. The lowest BCUT2D eigenvalue weighted by molar-refractivity contribution is -0.124. The van der Waals surface area contributed by atoms with Gasteiger partial charge in [-0.15, -0.1) is 0 Å². The van der Waals surface area contributed by atoms with Gasteiger partial charge in [-0.25, -0.2) is 18.1 Å². The number of anilines is 1. The smallest absolute Gasteiger partial charge is 0.260 e. The first kappa shape index (κ1) is 22.0. The van der Waals surface area contributed by atoms with Crippen molar-refractivity contribution in [1.82, 2.24) is 14.8 Å². The number of hydrogen-bond acceptors (Lipinski definition) is 7. The van der Waals surface area contributed by atoms with Crippen LogP contribution in [-0.2, 0) is 14.6 Å². The lowest BCUT2D eigenvalue weighted by Crippen LogP contribution is -2.49. The maximum Gasteiger partial charge on any atom is 0.260 e. The molecule has 0 unspecified atom stereocenters. The van der Waals surface area contributed by atoms with E-state index in [9.17, 15) is 18.0 Å². The number of para-hydroxylation sites is 2. The summed E-state index contributed by atoms with van der Waals surface area (Å²) in [5.41, 5.74) is 8.46. The van der Waals surface area contributed by atoms with Gasteiger partial charge in [0.15, 0.2) is 21.6 Å². The number of hydrogen-bond donors (Lipinski definition) is 1. The van der Waals surface area contributed by atoms with E-state index in [4.69, 9.17) is 15.5 Å². The van der Waals surface area contributed by atoms with Gasteiger partial charge in [0, 0.05) is 11.6 Å². The highest BCUT2D eigenvalue weighted by Crippen LogP contribution is 2.42. The Hall–Kier alpha value is -3.47. The van der Waals surface area contributed by atoms with E-state index in [1.165, 1.54) is 4.90 Å². The van der Waals surface area contributed by atoms with Gasteiger partial charge in [0.05, 0.1) is 46.4 Å². The zero-order chi connectivity index (χ0) is 24.5. The molecule has 6 rings (SSSR count). The zero-order valence-electron chi connectivity index (χ0n) is 19.2. The van der Waals surface area contributed by atoms with Gasteiger partial charge in [-0.1, -0.05) is 12.1 Å². The summed E-state index contributed by atoms with van der Waals surface area (Å²) in [6, 6.07) is 8.55. The molecular formula is C24H25N5O5S. The first-order chi connectivity index (χ1) is 16.7. The second kappa shape index (κ2) is 7.77. The third-order valence-corrected chi connectivity index (χ3v) is 8.72. The summed E-state index contributed by atoms with van der Waals surface area (Å²) in [6.07, 6.45) is 1.47. The predicted octanol–water partition coefficient (Wildman–Crippen LogP) is 1.87. The van der Waals surface area contributed by atoms with Crippen LogP contribution in [0.4, 0.5) is 5.69 Å². The summed E-state index contributed by atoms with van der Waals surface area (Å²) in [5, 5.41) is 5.25. The number of carbonyl (C=O) groups excluding carboxylic acids is 2. The zero-order valence-corrected chi connectivity index (χ0v) is 20.0. The standard InChI is InChI=1S/C24H25N5O5S/c1-13-21-16(24(31)28-11-20(22(25)30)34-19-5-3-2-4-18(19)28)10-17(14-6-7-14)26-23(21)29(27-13)15-8-9-35(32,33)12-15/h2-5,10,14-15,20H,6-9,11-12H2,1H3,(H2,25,30)/t15-,20-/m1/s1. The summed E-state index contributed by atoms with van der Waals surface area (Å²) in [5.74, 6) is -0.153. The summed E-state index contributed by atoms with van der Waals surface area (Å²) in [6.45, 7) is 1.79. The maximum absolute atomic E-state index is 14.1. The number of nitrogens with zero attached hydrogens (tertiary/aromatic N) is 4. The topological polar surface area (TPSA) is 137 Å². The van der Waals surface area contributed by atoms with E-state index in [1.807, 2.05) is 6.07 Å². The molecule has 2 aromatic heterocycles. The highest BCUT2D eigenvalue weighted by Gasteiger charge is 2.37. The Labute approximate surface area is 202 Å². The molecule has 3 aromatic rings. The number of ether oxygens (including phenoxy) is 1. The Morgan fingerprint density at radius 3 is 2.63 bits per heavy atom. The fraction of sp³-hybridized carbons (Fsp3) is 0.417. The Bertz CT molecular complexity index is 1490. The van der Waals surface area contributed by atoms with Crippen molar-refractivity contribution in [2.45, 2.75) is 44.2 Å². The summed E-state index contributed by atoms with van der Waals surface area (Å²) in [7, 11) is -3.13. The molecule has 2 atom stereocenters. The minimum Gasteiger partial charge on any atom is -0.477 e. The highest BCUT2D eigenvalue weighted by molar-refractivity contribution is 7.91. The number of fused-ring (bicyclic) bond motifs is 2.